The van der Waals surface area contributed by atoms with E-state index in [4.69, 9.17) is 4.74 Å². The molecule has 16 heavy (non-hydrogen) atoms. The van der Waals surface area contributed by atoms with E-state index in [0.29, 0.717) is 16.5 Å². The van der Waals surface area contributed by atoms with Gasteiger partial charge in [-0.1, -0.05) is 12.8 Å². The van der Waals surface area contributed by atoms with Crippen molar-refractivity contribution in [1.29, 1.82) is 0 Å². The zero-order chi connectivity index (χ0) is 12.1. The maximum absolute atomic E-state index is 11.2. The van der Waals surface area contributed by atoms with E-state index < -0.39 is 6.09 Å². The zero-order valence-corrected chi connectivity index (χ0v) is 10.4. The van der Waals surface area contributed by atoms with E-state index in [1.807, 2.05) is 0 Å². The number of hydrogen-bond acceptors (Lipinski definition) is 5. The van der Waals surface area contributed by atoms with Gasteiger partial charge in [0.25, 0.3) is 0 Å². The Balaban J connectivity index is 2.56. The fourth-order valence-electron chi connectivity index (χ4n) is 1.53. The molecule has 0 atom stereocenters. The van der Waals surface area contributed by atoms with Crippen LogP contribution in [0.15, 0.2) is 11.3 Å². The first-order valence-corrected chi connectivity index (χ1v) is 5.47. The summed E-state index contributed by atoms with van der Waals surface area (Å²) in [6.45, 7) is 3.66. The molecule has 0 aromatic rings. The number of likely N-dealkylation sites (tertiary alicyclic amines) is 1. The normalized spacial score (nSPS) is 16.8. The molecule has 0 aromatic heterocycles. The minimum atomic E-state index is -0.762. The molecule has 1 aliphatic heterocycles. The molecule has 0 bridgehead atoms. The molecule has 6 heteroatoms. The van der Waals surface area contributed by atoms with Gasteiger partial charge in [0.2, 0.25) is 6.41 Å². The number of allylic oxidation sites excluding steroid dienone is 1. The van der Waals surface area contributed by atoms with Crippen LogP contribution in [0.1, 0.15) is 19.8 Å². The quantitative estimate of drug-likeness (QED) is 0.453. The Morgan fingerprint density at radius 2 is 2.06 bits per heavy atom. The maximum Gasteiger partial charge on any atom is 0.431 e. The molecule has 0 radical (unpaired) electrons. The molecule has 0 unspecified atom stereocenters. The van der Waals surface area contributed by atoms with Gasteiger partial charge in [-0.25, -0.2) is 4.79 Å². The Morgan fingerprint density at radius 3 is 2.56 bits per heavy atom. The molecule has 0 aliphatic carbocycles. The zero-order valence-electron chi connectivity index (χ0n) is 9.47. The van der Waals surface area contributed by atoms with E-state index in [0.717, 1.165) is 31.5 Å². The van der Waals surface area contributed by atoms with Crippen molar-refractivity contribution in [2.75, 3.05) is 20.1 Å². The van der Waals surface area contributed by atoms with Crippen molar-refractivity contribution in [2.24, 2.45) is 0 Å². The first kappa shape index (κ1) is 13.1. The van der Waals surface area contributed by atoms with Gasteiger partial charge < -0.3 is 9.64 Å². The van der Waals surface area contributed by atoms with Gasteiger partial charge in [0.05, 0.1) is 0 Å². The molecule has 1 saturated heterocycles. The Kier molecular flexibility index (Phi) is 4.82. The predicted octanol–water partition coefficient (Wildman–Crippen LogP) is 1.43. The highest BCUT2D eigenvalue weighted by Gasteiger charge is 2.16. The number of hydrogen-bond donors (Lipinski definition) is 1. The third-order valence-corrected chi connectivity index (χ3v) is 2.87. The second-order valence-corrected chi connectivity index (χ2v) is 4.21. The van der Waals surface area contributed by atoms with Crippen LogP contribution in [-0.4, -0.2) is 41.8 Å². The van der Waals surface area contributed by atoms with E-state index in [9.17, 15) is 9.59 Å². The Bertz CT molecular complexity index is 307. The minimum absolute atomic E-state index is 0.304. The predicted molar refractivity (Wildman–Crippen MR) is 62.8 cm³/mol. The number of piperidine rings is 1. The van der Waals surface area contributed by atoms with Crippen molar-refractivity contribution >= 4 is 25.3 Å². The number of imide groups is 1. The molecule has 1 heterocycles. The van der Waals surface area contributed by atoms with Crippen LogP contribution < -0.4 is 0 Å². The van der Waals surface area contributed by atoms with E-state index in [1.54, 1.807) is 6.92 Å². The van der Waals surface area contributed by atoms with Gasteiger partial charge in [0.15, 0.2) is 0 Å². The van der Waals surface area contributed by atoms with Gasteiger partial charge in [0.1, 0.15) is 5.76 Å². The standard InChI is InChI=1S/C10H16N2O3S/c1-8(15-10(14)12(16)7-13)9-3-5-11(2)6-4-9/h7,16H,3-6H2,1-2H3. The molecule has 0 aromatic carbocycles. The average Bonchev–Trinajstić information content (AvgIpc) is 2.28. The summed E-state index contributed by atoms with van der Waals surface area (Å²) in [4.78, 5) is 23.7. The van der Waals surface area contributed by atoms with Gasteiger partial charge in [-0.2, -0.15) is 4.31 Å². The number of thiol groups is 1. The summed E-state index contributed by atoms with van der Waals surface area (Å²) in [5, 5.41) is 0. The maximum atomic E-state index is 11.2. The smallest absolute Gasteiger partial charge is 0.414 e. The van der Waals surface area contributed by atoms with Gasteiger partial charge in [-0.15, -0.1) is 0 Å². The molecule has 2 amide bonds. The molecular weight excluding hydrogens is 228 g/mol. The van der Waals surface area contributed by atoms with Crippen LogP contribution >= 0.6 is 12.8 Å². The van der Waals surface area contributed by atoms with Gasteiger partial charge in [-0.3, -0.25) is 4.79 Å². The van der Waals surface area contributed by atoms with Crippen LogP contribution in [0, 0.1) is 0 Å². The molecule has 5 nitrogen and oxygen atoms in total. The van der Waals surface area contributed by atoms with E-state index in [2.05, 4.69) is 24.8 Å². The number of amides is 2. The summed E-state index contributed by atoms with van der Waals surface area (Å²) in [5.41, 5.74) is 1.12. The number of carbonyl (C=O) groups is 2. The van der Waals surface area contributed by atoms with E-state index in [1.165, 1.54) is 0 Å². The van der Waals surface area contributed by atoms with E-state index >= 15 is 0 Å². The lowest BCUT2D eigenvalue weighted by Crippen LogP contribution is -2.27. The lowest BCUT2D eigenvalue weighted by Gasteiger charge is -2.25. The number of ether oxygens (including phenoxy) is 1. The van der Waals surface area contributed by atoms with Crippen molar-refractivity contribution in [3.05, 3.63) is 11.3 Å². The fourth-order valence-corrected chi connectivity index (χ4v) is 1.57. The lowest BCUT2D eigenvalue weighted by molar-refractivity contribution is -0.112. The van der Waals surface area contributed by atoms with Crippen LogP contribution in [0.25, 0.3) is 0 Å². The molecule has 0 spiro atoms. The van der Waals surface area contributed by atoms with Crippen LogP contribution in [0.2, 0.25) is 0 Å². The first-order chi connectivity index (χ1) is 7.54. The summed E-state index contributed by atoms with van der Waals surface area (Å²) in [6.07, 6.45) is 1.33. The molecular formula is C10H16N2O3S. The van der Waals surface area contributed by atoms with Crippen LogP contribution in [0.5, 0.6) is 0 Å². The first-order valence-electron chi connectivity index (χ1n) is 5.07. The van der Waals surface area contributed by atoms with Gasteiger partial charge in [-0.05, 0) is 32.4 Å². The highest BCUT2D eigenvalue weighted by Crippen LogP contribution is 2.20. The minimum Gasteiger partial charge on any atom is -0.414 e. The second-order valence-electron chi connectivity index (χ2n) is 3.78. The Labute approximate surface area is 101 Å². The molecule has 90 valence electrons. The largest absolute Gasteiger partial charge is 0.431 e. The molecule has 0 N–H and O–H groups in total. The lowest BCUT2D eigenvalue weighted by atomic mass is 10.0. The Hall–Kier alpha value is -1.01. The summed E-state index contributed by atoms with van der Waals surface area (Å²) in [6, 6.07) is 0. The average molecular weight is 244 g/mol. The highest BCUT2D eigenvalue weighted by atomic mass is 32.1. The monoisotopic (exact) mass is 244 g/mol. The summed E-state index contributed by atoms with van der Waals surface area (Å²) in [7, 11) is 2.06. The third-order valence-electron chi connectivity index (χ3n) is 2.62. The summed E-state index contributed by atoms with van der Waals surface area (Å²) >= 11 is 3.64. The van der Waals surface area contributed by atoms with Gasteiger partial charge >= 0.3 is 6.09 Å². The summed E-state index contributed by atoms with van der Waals surface area (Å²) in [5.74, 6) is 0.582. The van der Waals surface area contributed by atoms with Crippen molar-refractivity contribution in [1.82, 2.24) is 9.21 Å². The molecule has 1 aliphatic rings. The van der Waals surface area contributed by atoms with Crippen molar-refractivity contribution in [3.63, 3.8) is 0 Å². The third kappa shape index (κ3) is 3.53. The SMILES string of the molecule is CC(OC(=O)N(S)C=O)=C1CCN(C)CC1. The summed E-state index contributed by atoms with van der Waals surface area (Å²) < 4.78 is 5.60. The van der Waals surface area contributed by atoms with Crippen LogP contribution in [-0.2, 0) is 9.53 Å². The van der Waals surface area contributed by atoms with E-state index in [-0.39, 0.29) is 0 Å². The number of rotatable bonds is 2. The molecule has 0 saturated carbocycles. The topological polar surface area (TPSA) is 49.9 Å². The number of carbonyl (C=O) groups excluding carboxylic acids is 2. The molecule has 1 rings (SSSR count). The Morgan fingerprint density at radius 1 is 1.50 bits per heavy atom. The van der Waals surface area contributed by atoms with Crippen LogP contribution in [0.3, 0.4) is 0 Å². The van der Waals surface area contributed by atoms with Gasteiger partial charge in [0, 0.05) is 13.1 Å². The highest BCUT2D eigenvalue weighted by molar-refractivity contribution is 7.78. The second kappa shape index (κ2) is 5.91. The number of nitrogens with zero attached hydrogens (tertiary/aromatic N) is 2. The molecule has 1 fully saturated rings. The van der Waals surface area contributed by atoms with Crippen molar-refractivity contribution in [2.45, 2.75) is 19.8 Å². The van der Waals surface area contributed by atoms with Crippen LogP contribution in [0.4, 0.5) is 4.79 Å². The van der Waals surface area contributed by atoms with Crippen molar-refractivity contribution < 1.29 is 14.3 Å². The van der Waals surface area contributed by atoms with Crippen molar-refractivity contribution in [3.8, 4) is 0 Å². The fraction of sp³-hybridized carbons (Fsp3) is 0.600.